The third-order valence-electron chi connectivity index (χ3n) is 4.03. The number of piperidine rings is 1. The maximum Gasteiger partial charge on any atom is 0.146 e. The van der Waals surface area contributed by atoms with E-state index in [4.69, 9.17) is 5.73 Å². The highest BCUT2D eigenvalue weighted by Gasteiger charge is 2.20. The molecule has 100 valence electrons. The van der Waals surface area contributed by atoms with Crippen LogP contribution in [-0.2, 0) is 0 Å². The highest BCUT2D eigenvalue weighted by Crippen LogP contribution is 2.28. The summed E-state index contributed by atoms with van der Waals surface area (Å²) >= 11 is 0. The zero-order chi connectivity index (χ0) is 13.1. The Morgan fingerprint density at radius 2 is 2.06 bits per heavy atom. The minimum atomic E-state index is -0.139. The molecule has 2 rings (SSSR count). The van der Waals surface area contributed by atoms with Crippen molar-refractivity contribution in [3.05, 3.63) is 29.6 Å². The zero-order valence-electron chi connectivity index (χ0n) is 11.3. The molecule has 0 amide bonds. The van der Waals surface area contributed by atoms with Crippen molar-refractivity contribution in [1.82, 2.24) is 0 Å². The van der Waals surface area contributed by atoms with Gasteiger partial charge in [0.25, 0.3) is 0 Å². The third-order valence-corrected chi connectivity index (χ3v) is 4.03. The molecule has 18 heavy (non-hydrogen) atoms. The summed E-state index contributed by atoms with van der Waals surface area (Å²) in [4.78, 5) is 2.16. The van der Waals surface area contributed by atoms with E-state index in [-0.39, 0.29) is 11.9 Å². The number of anilines is 1. The van der Waals surface area contributed by atoms with E-state index in [1.54, 1.807) is 6.07 Å². The van der Waals surface area contributed by atoms with Gasteiger partial charge in [-0.05, 0) is 43.4 Å². The largest absolute Gasteiger partial charge is 0.369 e. The summed E-state index contributed by atoms with van der Waals surface area (Å²) in [7, 11) is 0. The van der Waals surface area contributed by atoms with Gasteiger partial charge in [0.15, 0.2) is 0 Å². The standard InChI is InChI=1S/C15H23FN2/c1-3-12-6-8-18(9-7-12)15-5-4-13(11(2)17)10-14(15)16/h4-5,10-12H,3,6-9,17H2,1-2H3. The SMILES string of the molecule is CCC1CCN(c2ccc(C(C)N)cc2F)CC1. The predicted molar refractivity (Wildman–Crippen MR) is 74.2 cm³/mol. The summed E-state index contributed by atoms with van der Waals surface area (Å²) in [5.41, 5.74) is 7.36. The van der Waals surface area contributed by atoms with Crippen molar-refractivity contribution < 1.29 is 4.39 Å². The Morgan fingerprint density at radius 3 is 2.56 bits per heavy atom. The van der Waals surface area contributed by atoms with Crippen LogP contribution in [0.15, 0.2) is 18.2 Å². The van der Waals surface area contributed by atoms with E-state index < -0.39 is 0 Å². The Labute approximate surface area is 109 Å². The second kappa shape index (κ2) is 5.70. The monoisotopic (exact) mass is 250 g/mol. The van der Waals surface area contributed by atoms with Crippen molar-refractivity contribution in [2.75, 3.05) is 18.0 Å². The van der Waals surface area contributed by atoms with Crippen LogP contribution in [0, 0.1) is 11.7 Å². The molecule has 1 aromatic rings. The molecular weight excluding hydrogens is 227 g/mol. The van der Waals surface area contributed by atoms with Gasteiger partial charge in [-0.3, -0.25) is 0 Å². The van der Waals surface area contributed by atoms with Crippen LogP contribution in [0.2, 0.25) is 0 Å². The van der Waals surface area contributed by atoms with Gasteiger partial charge in [0.1, 0.15) is 5.82 Å². The Balaban J connectivity index is 2.10. The number of halogens is 1. The van der Waals surface area contributed by atoms with Crippen molar-refractivity contribution in [2.45, 2.75) is 39.2 Å². The van der Waals surface area contributed by atoms with E-state index in [2.05, 4.69) is 11.8 Å². The molecule has 1 aliphatic rings. The smallest absolute Gasteiger partial charge is 0.146 e. The second-order valence-corrected chi connectivity index (χ2v) is 5.34. The van der Waals surface area contributed by atoms with Crippen LogP contribution in [-0.4, -0.2) is 13.1 Å². The van der Waals surface area contributed by atoms with Gasteiger partial charge < -0.3 is 10.6 Å². The van der Waals surface area contributed by atoms with Gasteiger partial charge in [0, 0.05) is 19.1 Å². The Morgan fingerprint density at radius 1 is 1.39 bits per heavy atom. The summed E-state index contributed by atoms with van der Waals surface area (Å²) in [5, 5.41) is 0. The summed E-state index contributed by atoms with van der Waals surface area (Å²) < 4.78 is 14.1. The first-order valence-corrected chi connectivity index (χ1v) is 6.91. The third kappa shape index (κ3) is 2.83. The maximum absolute atomic E-state index is 14.1. The minimum Gasteiger partial charge on any atom is -0.369 e. The summed E-state index contributed by atoms with van der Waals surface area (Å²) in [6.45, 7) is 6.04. The van der Waals surface area contributed by atoms with Gasteiger partial charge in [-0.2, -0.15) is 0 Å². The Bertz CT molecular complexity index is 395. The first-order valence-electron chi connectivity index (χ1n) is 6.91. The number of hydrogen-bond donors (Lipinski definition) is 1. The van der Waals surface area contributed by atoms with Gasteiger partial charge in [0.2, 0.25) is 0 Å². The lowest BCUT2D eigenvalue weighted by molar-refractivity contribution is 0.392. The van der Waals surface area contributed by atoms with Crippen molar-refractivity contribution in [1.29, 1.82) is 0 Å². The molecule has 0 bridgehead atoms. The Kier molecular flexibility index (Phi) is 4.23. The highest BCUT2D eigenvalue weighted by atomic mass is 19.1. The molecule has 2 nitrogen and oxygen atoms in total. The van der Waals surface area contributed by atoms with E-state index in [0.717, 1.165) is 30.3 Å². The first kappa shape index (κ1) is 13.3. The van der Waals surface area contributed by atoms with E-state index in [9.17, 15) is 4.39 Å². The molecule has 1 aromatic carbocycles. The lowest BCUT2D eigenvalue weighted by atomic mass is 9.94. The molecule has 0 aromatic heterocycles. The van der Waals surface area contributed by atoms with Crippen molar-refractivity contribution in [3.63, 3.8) is 0 Å². The molecular formula is C15H23FN2. The van der Waals surface area contributed by atoms with Crippen molar-refractivity contribution in [3.8, 4) is 0 Å². The molecule has 1 atom stereocenters. The quantitative estimate of drug-likeness (QED) is 0.890. The van der Waals surface area contributed by atoms with Crippen LogP contribution in [0.5, 0.6) is 0 Å². The number of hydrogen-bond acceptors (Lipinski definition) is 2. The number of nitrogens with two attached hydrogens (primary N) is 1. The van der Waals surface area contributed by atoms with Crippen LogP contribution >= 0.6 is 0 Å². The molecule has 1 fully saturated rings. The van der Waals surface area contributed by atoms with Crippen molar-refractivity contribution >= 4 is 5.69 Å². The number of nitrogens with zero attached hydrogens (tertiary/aromatic N) is 1. The van der Waals surface area contributed by atoms with Crippen LogP contribution in [0.4, 0.5) is 10.1 Å². The van der Waals surface area contributed by atoms with Gasteiger partial charge in [-0.15, -0.1) is 0 Å². The highest BCUT2D eigenvalue weighted by molar-refractivity contribution is 5.49. The zero-order valence-corrected chi connectivity index (χ0v) is 11.3. The van der Waals surface area contributed by atoms with E-state index in [1.165, 1.54) is 19.3 Å². The fourth-order valence-corrected chi connectivity index (χ4v) is 2.64. The van der Waals surface area contributed by atoms with E-state index >= 15 is 0 Å². The fourth-order valence-electron chi connectivity index (χ4n) is 2.64. The number of rotatable bonds is 3. The molecule has 1 aliphatic heterocycles. The predicted octanol–water partition coefficient (Wildman–Crippen LogP) is 3.47. The normalized spacial score (nSPS) is 19.0. The van der Waals surface area contributed by atoms with Gasteiger partial charge in [-0.25, -0.2) is 4.39 Å². The average molecular weight is 250 g/mol. The summed E-state index contributed by atoms with van der Waals surface area (Å²) in [5.74, 6) is 0.674. The van der Waals surface area contributed by atoms with Gasteiger partial charge in [0.05, 0.1) is 5.69 Å². The van der Waals surface area contributed by atoms with E-state index in [0.29, 0.717) is 0 Å². The minimum absolute atomic E-state index is 0.112. The van der Waals surface area contributed by atoms with Crippen LogP contribution in [0.1, 0.15) is 44.7 Å². The molecule has 2 N–H and O–H groups in total. The molecule has 0 aliphatic carbocycles. The molecule has 0 saturated carbocycles. The van der Waals surface area contributed by atoms with Crippen molar-refractivity contribution in [2.24, 2.45) is 11.7 Å². The Hall–Kier alpha value is -1.09. The molecule has 0 spiro atoms. The topological polar surface area (TPSA) is 29.3 Å². The van der Waals surface area contributed by atoms with E-state index in [1.807, 2.05) is 19.1 Å². The second-order valence-electron chi connectivity index (χ2n) is 5.34. The summed E-state index contributed by atoms with van der Waals surface area (Å²) in [6, 6.07) is 5.28. The van der Waals surface area contributed by atoms with Gasteiger partial charge in [-0.1, -0.05) is 19.4 Å². The van der Waals surface area contributed by atoms with Crippen LogP contribution in [0.25, 0.3) is 0 Å². The molecule has 1 heterocycles. The summed E-state index contributed by atoms with van der Waals surface area (Å²) in [6.07, 6.45) is 3.58. The molecule has 0 radical (unpaired) electrons. The first-order chi connectivity index (χ1) is 8.61. The average Bonchev–Trinajstić information content (AvgIpc) is 2.38. The lowest BCUT2D eigenvalue weighted by Crippen LogP contribution is -2.34. The lowest BCUT2D eigenvalue weighted by Gasteiger charge is -2.33. The molecule has 1 unspecified atom stereocenters. The van der Waals surface area contributed by atoms with Gasteiger partial charge >= 0.3 is 0 Å². The van der Waals surface area contributed by atoms with Crippen LogP contribution in [0.3, 0.4) is 0 Å². The molecule has 1 saturated heterocycles. The fraction of sp³-hybridized carbons (Fsp3) is 0.600. The molecule has 3 heteroatoms. The maximum atomic E-state index is 14.1. The number of benzene rings is 1. The van der Waals surface area contributed by atoms with Crippen LogP contribution < -0.4 is 10.6 Å².